The smallest absolute Gasteiger partial charge is 0.0500 e. The second-order valence-electron chi connectivity index (χ2n) is 5.48. The Morgan fingerprint density at radius 2 is 2.21 bits per heavy atom. The maximum absolute atomic E-state index is 9.03. The second-order valence-corrected chi connectivity index (χ2v) is 5.48. The van der Waals surface area contributed by atoms with E-state index in [-0.39, 0.29) is 18.7 Å². The standard InChI is InChI=1S/C15H25N3O/c1-12(16)15(13-6-8-17-9-7-13)18-10-2-4-14(18)5-3-11-19/h6-9,12,14-15,19H,2-5,10-11,16H2,1H3. The molecule has 1 fully saturated rings. The lowest BCUT2D eigenvalue weighted by molar-refractivity contribution is 0.145. The van der Waals surface area contributed by atoms with Crippen molar-refractivity contribution in [2.45, 2.75) is 50.7 Å². The average molecular weight is 263 g/mol. The topological polar surface area (TPSA) is 62.4 Å². The Bertz CT molecular complexity index is 369. The van der Waals surface area contributed by atoms with Gasteiger partial charge in [0.25, 0.3) is 0 Å². The van der Waals surface area contributed by atoms with E-state index in [0.29, 0.717) is 6.04 Å². The van der Waals surface area contributed by atoms with Crippen LogP contribution in [-0.2, 0) is 0 Å². The molecule has 3 atom stereocenters. The summed E-state index contributed by atoms with van der Waals surface area (Å²) in [6, 6.07) is 5.04. The van der Waals surface area contributed by atoms with Crippen LogP contribution in [0.15, 0.2) is 24.5 Å². The fraction of sp³-hybridized carbons (Fsp3) is 0.667. The highest BCUT2D eigenvalue weighted by Crippen LogP contribution is 2.32. The summed E-state index contributed by atoms with van der Waals surface area (Å²) < 4.78 is 0. The molecule has 0 saturated carbocycles. The molecule has 4 nitrogen and oxygen atoms in total. The van der Waals surface area contributed by atoms with Gasteiger partial charge >= 0.3 is 0 Å². The van der Waals surface area contributed by atoms with E-state index in [4.69, 9.17) is 10.8 Å². The molecule has 0 amide bonds. The number of aliphatic hydroxyl groups is 1. The van der Waals surface area contributed by atoms with Crippen LogP contribution in [0.1, 0.15) is 44.2 Å². The highest BCUT2D eigenvalue weighted by molar-refractivity contribution is 5.18. The van der Waals surface area contributed by atoms with Gasteiger partial charge in [0, 0.05) is 31.1 Å². The van der Waals surface area contributed by atoms with Gasteiger partial charge in [0.1, 0.15) is 0 Å². The number of hydrogen-bond donors (Lipinski definition) is 2. The van der Waals surface area contributed by atoms with E-state index in [9.17, 15) is 0 Å². The zero-order valence-electron chi connectivity index (χ0n) is 11.7. The summed E-state index contributed by atoms with van der Waals surface area (Å²) in [6.07, 6.45) is 8.06. The summed E-state index contributed by atoms with van der Waals surface area (Å²) >= 11 is 0. The van der Waals surface area contributed by atoms with Gasteiger partial charge in [-0.1, -0.05) is 0 Å². The van der Waals surface area contributed by atoms with Crippen LogP contribution in [0, 0.1) is 0 Å². The van der Waals surface area contributed by atoms with Gasteiger partial charge in [-0.15, -0.1) is 0 Å². The molecule has 2 rings (SSSR count). The Balaban J connectivity index is 2.14. The Morgan fingerprint density at radius 1 is 1.47 bits per heavy atom. The summed E-state index contributed by atoms with van der Waals surface area (Å²) in [4.78, 5) is 6.61. The van der Waals surface area contributed by atoms with Crippen molar-refractivity contribution in [1.29, 1.82) is 0 Å². The van der Waals surface area contributed by atoms with Gasteiger partial charge in [-0.2, -0.15) is 0 Å². The number of nitrogens with zero attached hydrogens (tertiary/aromatic N) is 2. The van der Waals surface area contributed by atoms with E-state index in [0.717, 1.165) is 19.4 Å². The van der Waals surface area contributed by atoms with Gasteiger partial charge in [-0.3, -0.25) is 9.88 Å². The molecule has 1 aliphatic rings. The molecule has 0 aromatic carbocycles. The average Bonchev–Trinajstić information content (AvgIpc) is 2.85. The van der Waals surface area contributed by atoms with E-state index in [1.807, 2.05) is 12.4 Å². The highest BCUT2D eigenvalue weighted by Gasteiger charge is 2.32. The SMILES string of the molecule is CC(N)C(c1ccncc1)N1CCCC1CCCO. The van der Waals surface area contributed by atoms with E-state index >= 15 is 0 Å². The Morgan fingerprint density at radius 3 is 2.84 bits per heavy atom. The molecular weight excluding hydrogens is 238 g/mol. The molecule has 1 aromatic rings. The van der Waals surface area contributed by atoms with Crippen molar-refractivity contribution in [3.8, 4) is 0 Å². The fourth-order valence-corrected chi connectivity index (χ4v) is 3.22. The number of pyridine rings is 1. The minimum atomic E-state index is 0.0946. The molecule has 19 heavy (non-hydrogen) atoms. The molecule has 2 heterocycles. The highest BCUT2D eigenvalue weighted by atomic mass is 16.2. The number of likely N-dealkylation sites (tertiary alicyclic amines) is 1. The van der Waals surface area contributed by atoms with Crippen LogP contribution < -0.4 is 5.73 Å². The van der Waals surface area contributed by atoms with Gasteiger partial charge in [-0.05, 0) is 56.8 Å². The lowest BCUT2D eigenvalue weighted by atomic mass is 9.98. The van der Waals surface area contributed by atoms with Crippen molar-refractivity contribution in [2.75, 3.05) is 13.2 Å². The molecule has 1 aromatic heterocycles. The number of nitrogens with two attached hydrogens (primary N) is 1. The molecule has 4 heteroatoms. The molecule has 3 N–H and O–H groups in total. The first kappa shape index (κ1) is 14.4. The van der Waals surface area contributed by atoms with E-state index in [1.54, 1.807) is 0 Å². The molecule has 3 unspecified atom stereocenters. The third-order valence-electron chi connectivity index (χ3n) is 4.02. The number of aliphatic hydroxyl groups excluding tert-OH is 1. The monoisotopic (exact) mass is 263 g/mol. The third kappa shape index (κ3) is 3.53. The predicted molar refractivity (Wildman–Crippen MR) is 76.7 cm³/mol. The van der Waals surface area contributed by atoms with Crippen LogP contribution in [0.25, 0.3) is 0 Å². The molecule has 0 radical (unpaired) electrons. The first-order valence-electron chi connectivity index (χ1n) is 7.26. The van der Waals surface area contributed by atoms with Gasteiger partial charge in [-0.25, -0.2) is 0 Å². The summed E-state index contributed by atoms with van der Waals surface area (Å²) in [5.41, 5.74) is 7.48. The normalized spacial score (nSPS) is 23.4. The van der Waals surface area contributed by atoms with E-state index in [2.05, 4.69) is 28.9 Å². The molecule has 106 valence electrons. The molecule has 0 spiro atoms. The van der Waals surface area contributed by atoms with Crippen LogP contribution in [0.5, 0.6) is 0 Å². The fourth-order valence-electron chi connectivity index (χ4n) is 3.22. The van der Waals surface area contributed by atoms with Crippen molar-refractivity contribution in [1.82, 2.24) is 9.88 Å². The van der Waals surface area contributed by atoms with Crippen molar-refractivity contribution >= 4 is 0 Å². The van der Waals surface area contributed by atoms with E-state index < -0.39 is 0 Å². The summed E-state index contributed by atoms with van der Waals surface area (Å²) in [5.74, 6) is 0. The first-order chi connectivity index (χ1) is 9.24. The predicted octanol–water partition coefficient (Wildman–Crippen LogP) is 1.71. The van der Waals surface area contributed by atoms with Crippen molar-refractivity contribution < 1.29 is 5.11 Å². The van der Waals surface area contributed by atoms with Crippen LogP contribution in [0.2, 0.25) is 0 Å². The van der Waals surface area contributed by atoms with Crippen molar-refractivity contribution in [2.24, 2.45) is 5.73 Å². The van der Waals surface area contributed by atoms with Crippen LogP contribution in [-0.4, -0.2) is 40.2 Å². The Kier molecular flexibility index (Phi) is 5.31. The van der Waals surface area contributed by atoms with Gasteiger partial charge < -0.3 is 10.8 Å². The first-order valence-corrected chi connectivity index (χ1v) is 7.26. The zero-order chi connectivity index (χ0) is 13.7. The van der Waals surface area contributed by atoms with Gasteiger partial charge in [0.2, 0.25) is 0 Å². The number of hydrogen-bond acceptors (Lipinski definition) is 4. The summed E-state index contributed by atoms with van der Waals surface area (Å²) in [7, 11) is 0. The minimum absolute atomic E-state index is 0.0946. The Hall–Kier alpha value is -0.970. The van der Waals surface area contributed by atoms with Crippen LogP contribution in [0.4, 0.5) is 0 Å². The van der Waals surface area contributed by atoms with Crippen LogP contribution >= 0.6 is 0 Å². The summed E-state index contributed by atoms with van der Waals surface area (Å²) in [5, 5.41) is 9.03. The zero-order valence-corrected chi connectivity index (χ0v) is 11.7. The number of aromatic nitrogens is 1. The van der Waals surface area contributed by atoms with Gasteiger partial charge in [0.05, 0.1) is 6.04 Å². The summed E-state index contributed by atoms with van der Waals surface area (Å²) in [6.45, 7) is 3.46. The lowest BCUT2D eigenvalue weighted by Crippen LogP contribution is -2.42. The number of rotatable bonds is 6. The quantitative estimate of drug-likeness (QED) is 0.820. The Labute approximate surface area is 115 Å². The third-order valence-corrected chi connectivity index (χ3v) is 4.02. The molecule has 0 aliphatic carbocycles. The second kappa shape index (κ2) is 6.98. The van der Waals surface area contributed by atoms with Crippen molar-refractivity contribution in [3.63, 3.8) is 0 Å². The minimum Gasteiger partial charge on any atom is -0.396 e. The molecule has 0 bridgehead atoms. The maximum Gasteiger partial charge on any atom is 0.0500 e. The van der Waals surface area contributed by atoms with Crippen LogP contribution in [0.3, 0.4) is 0 Å². The van der Waals surface area contributed by atoms with E-state index in [1.165, 1.54) is 18.4 Å². The molecule has 1 saturated heterocycles. The maximum atomic E-state index is 9.03. The lowest BCUT2D eigenvalue weighted by Gasteiger charge is -2.36. The molecular formula is C15H25N3O. The largest absolute Gasteiger partial charge is 0.396 e. The van der Waals surface area contributed by atoms with Gasteiger partial charge in [0.15, 0.2) is 0 Å². The van der Waals surface area contributed by atoms with Crippen molar-refractivity contribution in [3.05, 3.63) is 30.1 Å². The molecule has 1 aliphatic heterocycles.